The Morgan fingerprint density at radius 3 is 2.35 bits per heavy atom. The summed E-state index contributed by atoms with van der Waals surface area (Å²) in [5, 5.41) is 9.31. The predicted molar refractivity (Wildman–Crippen MR) is 150 cm³/mol. The summed E-state index contributed by atoms with van der Waals surface area (Å²) in [6, 6.07) is -0.549. The first-order valence-electron chi connectivity index (χ1n) is 14.3. The first-order valence-corrected chi connectivity index (χ1v) is 15.2. The van der Waals surface area contributed by atoms with Gasteiger partial charge in [0.05, 0.1) is 16.6 Å². The van der Waals surface area contributed by atoms with E-state index >= 15 is 0 Å². The van der Waals surface area contributed by atoms with Crippen LogP contribution >= 0.6 is 11.8 Å². The van der Waals surface area contributed by atoms with E-state index in [4.69, 9.17) is 0 Å². The van der Waals surface area contributed by atoms with Crippen LogP contribution in [0.1, 0.15) is 71.6 Å². The molecule has 8 heteroatoms. The topological polar surface area (TPSA) is 81.2 Å². The number of likely N-dealkylation sites (tertiary alicyclic amines) is 1. The van der Waals surface area contributed by atoms with E-state index in [1.54, 1.807) is 23.9 Å². The molecule has 0 aliphatic carbocycles. The zero-order valence-corrected chi connectivity index (χ0v) is 23.7. The molecule has 3 fully saturated rings. The molecule has 0 radical (unpaired) electrons. The zero-order chi connectivity index (χ0) is 27.0. The van der Waals surface area contributed by atoms with Crippen LogP contribution in [0.5, 0.6) is 0 Å². The average molecular weight is 534 g/mol. The number of rotatable bonds is 17. The minimum Gasteiger partial charge on any atom is -0.396 e. The van der Waals surface area contributed by atoms with Crippen LogP contribution in [-0.4, -0.2) is 92.9 Å². The second-order valence-electron chi connectivity index (χ2n) is 10.7. The van der Waals surface area contributed by atoms with Crippen LogP contribution in [0.4, 0.5) is 0 Å². The van der Waals surface area contributed by atoms with Crippen molar-refractivity contribution >= 4 is 29.5 Å². The molecule has 0 aromatic heterocycles. The number of hydrogen-bond donors (Lipinski definition) is 1. The highest BCUT2D eigenvalue weighted by atomic mass is 32.2. The van der Waals surface area contributed by atoms with Crippen molar-refractivity contribution in [2.24, 2.45) is 11.8 Å². The maximum absolute atomic E-state index is 14.2. The van der Waals surface area contributed by atoms with Crippen LogP contribution in [0.15, 0.2) is 25.3 Å². The highest BCUT2D eigenvalue weighted by Crippen LogP contribution is 2.66. The van der Waals surface area contributed by atoms with Gasteiger partial charge in [-0.15, -0.1) is 24.9 Å². The molecule has 37 heavy (non-hydrogen) atoms. The van der Waals surface area contributed by atoms with E-state index in [0.29, 0.717) is 39.1 Å². The number of amides is 3. The Morgan fingerprint density at radius 2 is 1.73 bits per heavy atom. The molecule has 2 unspecified atom stereocenters. The lowest BCUT2D eigenvalue weighted by Crippen LogP contribution is -2.55. The van der Waals surface area contributed by atoms with Crippen LogP contribution in [0, 0.1) is 11.8 Å². The second-order valence-corrected chi connectivity index (χ2v) is 12.3. The molecule has 0 aromatic carbocycles. The molecule has 0 saturated carbocycles. The fraction of sp³-hybridized carbons (Fsp3) is 0.759. The Hall–Kier alpha value is -1.80. The SMILES string of the molecule is C=CCN(CCCCC)C(=O)C1N(CCCCCO)C(=O)[C@@H]2[C@@H](C(=O)N(CC=C)CCC)[C@H]3CCC12S3. The molecule has 208 valence electrons. The lowest BCUT2D eigenvalue weighted by atomic mass is 9.70. The molecule has 1 N–H and O–H groups in total. The summed E-state index contributed by atoms with van der Waals surface area (Å²) < 4.78 is -0.549. The third-order valence-corrected chi connectivity index (χ3v) is 10.2. The number of nitrogens with zero attached hydrogens (tertiary/aromatic N) is 3. The number of thioether (sulfide) groups is 1. The van der Waals surface area contributed by atoms with Gasteiger partial charge in [-0.25, -0.2) is 0 Å². The molecule has 1 spiro atoms. The molecule has 3 amide bonds. The monoisotopic (exact) mass is 533 g/mol. The summed E-state index contributed by atoms with van der Waals surface area (Å²) in [7, 11) is 0. The maximum Gasteiger partial charge on any atom is 0.247 e. The smallest absolute Gasteiger partial charge is 0.247 e. The van der Waals surface area contributed by atoms with Crippen LogP contribution < -0.4 is 0 Å². The zero-order valence-electron chi connectivity index (χ0n) is 22.9. The van der Waals surface area contributed by atoms with Crippen molar-refractivity contribution in [3.8, 4) is 0 Å². The molecular weight excluding hydrogens is 486 g/mol. The number of carbonyl (C=O) groups is 3. The molecule has 7 nitrogen and oxygen atoms in total. The molecule has 5 atom stereocenters. The highest BCUT2D eigenvalue weighted by Gasteiger charge is 2.73. The molecule has 0 aromatic rings. The molecule has 2 bridgehead atoms. The van der Waals surface area contributed by atoms with Crippen molar-refractivity contribution in [2.75, 3.05) is 39.3 Å². The Labute approximate surface area is 227 Å². The van der Waals surface area contributed by atoms with Gasteiger partial charge in [0, 0.05) is 44.6 Å². The number of hydrogen-bond acceptors (Lipinski definition) is 5. The Bertz CT molecular complexity index is 836. The number of aliphatic hydroxyl groups is 1. The van der Waals surface area contributed by atoms with E-state index in [1.807, 2.05) is 14.7 Å². The van der Waals surface area contributed by atoms with Gasteiger partial charge in [0.1, 0.15) is 6.04 Å². The van der Waals surface area contributed by atoms with Gasteiger partial charge in [-0.3, -0.25) is 14.4 Å². The fourth-order valence-electron chi connectivity index (χ4n) is 6.63. The summed E-state index contributed by atoms with van der Waals surface area (Å²) in [6.07, 6.45) is 11.3. The van der Waals surface area contributed by atoms with E-state index in [1.165, 1.54) is 0 Å². The van der Waals surface area contributed by atoms with Gasteiger partial charge in [-0.05, 0) is 44.9 Å². The van der Waals surface area contributed by atoms with E-state index in [9.17, 15) is 19.5 Å². The van der Waals surface area contributed by atoms with Gasteiger partial charge in [0.2, 0.25) is 17.7 Å². The van der Waals surface area contributed by atoms with E-state index in [2.05, 4.69) is 27.0 Å². The van der Waals surface area contributed by atoms with Crippen LogP contribution in [-0.2, 0) is 14.4 Å². The summed E-state index contributed by atoms with van der Waals surface area (Å²) in [5.41, 5.74) is 0. The molecule has 3 aliphatic heterocycles. The van der Waals surface area contributed by atoms with Gasteiger partial charge in [0.15, 0.2) is 0 Å². The first-order chi connectivity index (χ1) is 17.9. The minimum absolute atomic E-state index is 0.00626. The standard InChI is InChI=1S/C29H47N3O4S/c1-5-9-11-19-31(18-8-4)28(36)25-29-15-14-22(37-29)23(26(34)30(16-6-2)17-7-3)24(29)27(35)32(25)20-12-10-13-21-33/h6,8,22-25,33H,2,4-5,7,9-21H2,1,3H3/t22-,23+,24+,25?,29?/m1/s1. The Kier molecular flexibility index (Phi) is 11.1. The quantitative estimate of drug-likeness (QED) is 0.227. The lowest BCUT2D eigenvalue weighted by molar-refractivity contribution is -0.144. The number of unbranched alkanes of at least 4 members (excludes halogenated alkanes) is 4. The van der Waals surface area contributed by atoms with Crippen molar-refractivity contribution in [1.29, 1.82) is 0 Å². The number of carbonyl (C=O) groups excluding carboxylic acids is 3. The highest BCUT2D eigenvalue weighted by molar-refractivity contribution is 8.02. The molecule has 3 heterocycles. The second kappa shape index (κ2) is 13.8. The van der Waals surface area contributed by atoms with Gasteiger partial charge in [0.25, 0.3) is 0 Å². The third-order valence-electron chi connectivity index (χ3n) is 8.22. The van der Waals surface area contributed by atoms with Gasteiger partial charge < -0.3 is 19.8 Å². The van der Waals surface area contributed by atoms with Gasteiger partial charge in [-0.1, -0.05) is 38.8 Å². The van der Waals surface area contributed by atoms with Crippen molar-refractivity contribution in [2.45, 2.75) is 87.7 Å². The summed E-state index contributed by atoms with van der Waals surface area (Å²) >= 11 is 1.74. The van der Waals surface area contributed by atoms with Crippen molar-refractivity contribution in [3.63, 3.8) is 0 Å². The first kappa shape index (κ1) is 29.8. The van der Waals surface area contributed by atoms with E-state index < -0.39 is 16.7 Å². The Morgan fingerprint density at radius 1 is 1.03 bits per heavy atom. The third kappa shape index (κ3) is 5.95. The van der Waals surface area contributed by atoms with Crippen molar-refractivity contribution < 1.29 is 19.5 Å². The summed E-state index contributed by atoms with van der Waals surface area (Å²) in [4.78, 5) is 47.7. The normalized spacial score (nSPS) is 27.9. The number of aliphatic hydroxyl groups excluding tert-OH is 1. The van der Waals surface area contributed by atoms with Crippen LogP contribution in [0.3, 0.4) is 0 Å². The van der Waals surface area contributed by atoms with Crippen LogP contribution in [0.25, 0.3) is 0 Å². The largest absolute Gasteiger partial charge is 0.396 e. The fourth-order valence-corrected chi connectivity index (χ4v) is 8.83. The van der Waals surface area contributed by atoms with Gasteiger partial charge >= 0.3 is 0 Å². The lowest BCUT2D eigenvalue weighted by Gasteiger charge is -2.37. The van der Waals surface area contributed by atoms with Crippen molar-refractivity contribution in [1.82, 2.24) is 14.7 Å². The predicted octanol–water partition coefficient (Wildman–Crippen LogP) is 3.87. The summed E-state index contributed by atoms with van der Waals surface area (Å²) in [5.74, 6) is -0.827. The van der Waals surface area contributed by atoms with E-state index in [-0.39, 0.29) is 35.5 Å². The molecular formula is C29H47N3O4S. The van der Waals surface area contributed by atoms with Crippen molar-refractivity contribution in [3.05, 3.63) is 25.3 Å². The molecule has 3 rings (SSSR count). The minimum atomic E-state index is -0.549. The van der Waals surface area contributed by atoms with Gasteiger partial charge in [-0.2, -0.15) is 0 Å². The number of fused-ring (bicyclic) bond motifs is 1. The summed E-state index contributed by atoms with van der Waals surface area (Å²) in [6.45, 7) is 14.8. The Balaban J connectivity index is 1.95. The molecule has 3 aliphatic rings. The maximum atomic E-state index is 14.2. The average Bonchev–Trinajstić information content (AvgIpc) is 3.53. The van der Waals surface area contributed by atoms with E-state index in [0.717, 1.165) is 51.4 Å². The van der Waals surface area contributed by atoms with Crippen LogP contribution in [0.2, 0.25) is 0 Å². The molecule has 3 saturated heterocycles.